The first kappa shape index (κ1) is 18.1. The van der Waals surface area contributed by atoms with Crippen molar-refractivity contribution in [3.05, 3.63) is 41.6 Å². The summed E-state index contributed by atoms with van der Waals surface area (Å²) < 4.78 is 15.1. The number of rotatable bonds is 5. The second-order valence-electron chi connectivity index (χ2n) is 6.53. The molecule has 6 N–H and O–H groups in total. The van der Waals surface area contributed by atoms with Crippen molar-refractivity contribution >= 4 is 23.1 Å². The summed E-state index contributed by atoms with van der Waals surface area (Å²) in [6.07, 6.45) is 6.83. The third-order valence-corrected chi connectivity index (χ3v) is 4.68. The van der Waals surface area contributed by atoms with Crippen LogP contribution in [0.5, 0.6) is 0 Å². The van der Waals surface area contributed by atoms with Crippen LogP contribution in [0.25, 0.3) is 0 Å². The highest BCUT2D eigenvalue weighted by Crippen LogP contribution is 2.30. The molecule has 1 aliphatic carbocycles. The zero-order valence-electron chi connectivity index (χ0n) is 14.6. The minimum Gasteiger partial charge on any atom is -0.377 e. The molecule has 2 atom stereocenters. The number of amides is 1. The van der Waals surface area contributed by atoms with Crippen LogP contribution >= 0.6 is 0 Å². The first-order valence-corrected chi connectivity index (χ1v) is 8.66. The lowest BCUT2D eigenvalue weighted by molar-refractivity contribution is 0.100. The smallest absolute Gasteiger partial charge is 0.252 e. The van der Waals surface area contributed by atoms with E-state index in [1.165, 1.54) is 18.5 Å². The molecular weight excluding hydrogens is 335 g/mol. The Bertz CT molecular complexity index is 812. The maximum absolute atomic E-state index is 15.1. The van der Waals surface area contributed by atoms with Gasteiger partial charge in [0.15, 0.2) is 5.82 Å². The van der Waals surface area contributed by atoms with Gasteiger partial charge in [0.1, 0.15) is 5.82 Å². The van der Waals surface area contributed by atoms with E-state index in [0.717, 1.165) is 25.7 Å². The van der Waals surface area contributed by atoms with Crippen molar-refractivity contribution < 1.29 is 9.18 Å². The summed E-state index contributed by atoms with van der Waals surface area (Å²) in [6.45, 7) is 1.74. The summed E-state index contributed by atoms with van der Waals surface area (Å²) in [7, 11) is 0. The van der Waals surface area contributed by atoms with Crippen LogP contribution in [-0.4, -0.2) is 28.0 Å². The van der Waals surface area contributed by atoms with Crippen LogP contribution < -0.4 is 22.1 Å². The first-order valence-electron chi connectivity index (χ1n) is 8.66. The predicted molar refractivity (Wildman–Crippen MR) is 98.8 cm³/mol. The van der Waals surface area contributed by atoms with Gasteiger partial charge in [-0.15, -0.1) is 0 Å². The molecular formula is C18H23FN6O. The van der Waals surface area contributed by atoms with Crippen LogP contribution in [-0.2, 0) is 0 Å². The maximum atomic E-state index is 15.1. The zero-order valence-corrected chi connectivity index (χ0v) is 14.6. The number of nitrogens with one attached hydrogen (secondary N) is 2. The number of anilines is 3. The number of aromatic nitrogens is 2. The van der Waals surface area contributed by atoms with Crippen LogP contribution in [0.4, 0.5) is 21.6 Å². The van der Waals surface area contributed by atoms with Crippen molar-refractivity contribution in [3.8, 4) is 0 Å². The molecule has 2 heterocycles. The average Bonchev–Trinajstić information content (AvgIpc) is 2.63. The molecule has 1 saturated carbocycles. The molecule has 0 bridgehead atoms. The van der Waals surface area contributed by atoms with Gasteiger partial charge in [-0.05, 0) is 31.9 Å². The summed E-state index contributed by atoms with van der Waals surface area (Å²) in [5.41, 5.74) is 12.7. The first-order chi connectivity index (χ1) is 12.5. The second-order valence-corrected chi connectivity index (χ2v) is 6.53. The van der Waals surface area contributed by atoms with Gasteiger partial charge in [-0.25, -0.2) is 9.37 Å². The number of aryl methyl sites for hydroxylation is 1. The lowest BCUT2D eigenvalue weighted by Crippen LogP contribution is -2.43. The van der Waals surface area contributed by atoms with E-state index in [9.17, 15) is 4.79 Å². The van der Waals surface area contributed by atoms with Crippen LogP contribution in [0.3, 0.4) is 0 Å². The minimum absolute atomic E-state index is 0.00466. The van der Waals surface area contributed by atoms with Crippen LogP contribution in [0, 0.1) is 12.7 Å². The van der Waals surface area contributed by atoms with E-state index in [2.05, 4.69) is 20.6 Å². The van der Waals surface area contributed by atoms with E-state index in [0.29, 0.717) is 11.4 Å². The van der Waals surface area contributed by atoms with Gasteiger partial charge < -0.3 is 22.1 Å². The van der Waals surface area contributed by atoms with Gasteiger partial charge in [0, 0.05) is 18.3 Å². The third kappa shape index (κ3) is 3.75. The van der Waals surface area contributed by atoms with Gasteiger partial charge in [0.25, 0.3) is 5.91 Å². The fraction of sp³-hybridized carbons (Fsp3) is 0.389. The Kier molecular flexibility index (Phi) is 5.32. The Hall–Kier alpha value is -2.74. The number of carbonyl (C=O) groups excluding carboxylic acids is 1. The van der Waals surface area contributed by atoms with Crippen molar-refractivity contribution in [2.75, 3.05) is 10.6 Å². The highest BCUT2D eigenvalue weighted by molar-refractivity contribution is 5.98. The molecule has 0 saturated heterocycles. The number of nitrogens with two attached hydrogens (primary N) is 2. The number of primary amides is 1. The van der Waals surface area contributed by atoms with Gasteiger partial charge in [0.2, 0.25) is 0 Å². The molecule has 0 aromatic carbocycles. The molecule has 138 valence electrons. The van der Waals surface area contributed by atoms with Crippen molar-refractivity contribution in [3.63, 3.8) is 0 Å². The van der Waals surface area contributed by atoms with Gasteiger partial charge in [-0.1, -0.05) is 12.8 Å². The standard InChI is InChI=1S/C18H23FN6O/c1-10-16(24-13-7-3-2-6-12(13)20)15(19)14(9-23-10)25-18-11(17(21)26)5-4-8-22-18/h4-5,8-9,12-13,24H,2-3,6-7,20H2,1H3,(H2,21,26)(H,22,25)/t12-,13+/m0/s1. The fourth-order valence-corrected chi connectivity index (χ4v) is 3.19. The molecule has 3 rings (SSSR count). The molecule has 1 aliphatic rings. The molecule has 7 nitrogen and oxygen atoms in total. The largest absolute Gasteiger partial charge is 0.377 e. The molecule has 2 aromatic rings. The Morgan fingerprint density at radius 2 is 2.08 bits per heavy atom. The molecule has 26 heavy (non-hydrogen) atoms. The number of nitrogens with zero attached hydrogens (tertiary/aromatic N) is 2. The Labute approximate surface area is 151 Å². The number of carbonyl (C=O) groups is 1. The Morgan fingerprint density at radius 3 is 2.81 bits per heavy atom. The number of hydrogen-bond donors (Lipinski definition) is 4. The van der Waals surface area contributed by atoms with E-state index < -0.39 is 11.7 Å². The summed E-state index contributed by atoms with van der Waals surface area (Å²) in [6, 6.07) is 3.10. The van der Waals surface area contributed by atoms with Crippen molar-refractivity contribution in [2.45, 2.75) is 44.7 Å². The van der Waals surface area contributed by atoms with Crippen LogP contribution in [0.1, 0.15) is 41.7 Å². The Morgan fingerprint density at radius 1 is 1.31 bits per heavy atom. The summed E-state index contributed by atoms with van der Waals surface area (Å²) in [4.78, 5) is 19.8. The number of hydrogen-bond acceptors (Lipinski definition) is 6. The van der Waals surface area contributed by atoms with Crippen LogP contribution in [0.15, 0.2) is 24.5 Å². The zero-order chi connectivity index (χ0) is 18.7. The van der Waals surface area contributed by atoms with E-state index in [-0.39, 0.29) is 29.2 Å². The van der Waals surface area contributed by atoms with Crippen molar-refractivity contribution in [1.29, 1.82) is 0 Å². The third-order valence-electron chi connectivity index (χ3n) is 4.68. The van der Waals surface area contributed by atoms with E-state index in [1.54, 1.807) is 13.0 Å². The van der Waals surface area contributed by atoms with E-state index in [1.807, 2.05) is 0 Å². The normalized spacial score (nSPS) is 19.8. The molecule has 8 heteroatoms. The molecule has 0 radical (unpaired) electrons. The molecule has 1 fully saturated rings. The van der Waals surface area contributed by atoms with E-state index in [4.69, 9.17) is 11.5 Å². The van der Waals surface area contributed by atoms with Gasteiger partial charge >= 0.3 is 0 Å². The molecule has 0 unspecified atom stereocenters. The lowest BCUT2D eigenvalue weighted by Gasteiger charge is -2.30. The van der Waals surface area contributed by atoms with E-state index >= 15 is 4.39 Å². The monoisotopic (exact) mass is 358 g/mol. The van der Waals surface area contributed by atoms with Gasteiger partial charge in [-0.2, -0.15) is 0 Å². The maximum Gasteiger partial charge on any atom is 0.252 e. The number of pyridine rings is 2. The summed E-state index contributed by atoms with van der Waals surface area (Å²) in [5.74, 6) is -0.950. The SMILES string of the molecule is Cc1ncc(Nc2ncccc2C(N)=O)c(F)c1N[C@@H]1CCCC[C@@H]1N. The number of halogens is 1. The molecule has 2 aromatic heterocycles. The van der Waals surface area contributed by atoms with Gasteiger partial charge in [-0.3, -0.25) is 9.78 Å². The predicted octanol–water partition coefficient (Wildman–Crippen LogP) is 2.45. The van der Waals surface area contributed by atoms with Crippen molar-refractivity contribution in [2.24, 2.45) is 11.5 Å². The molecule has 0 spiro atoms. The van der Waals surface area contributed by atoms with Crippen molar-refractivity contribution in [1.82, 2.24) is 9.97 Å². The van der Waals surface area contributed by atoms with Gasteiger partial charge in [0.05, 0.1) is 28.8 Å². The molecule has 0 aliphatic heterocycles. The average molecular weight is 358 g/mol. The van der Waals surface area contributed by atoms with Crippen LogP contribution in [0.2, 0.25) is 0 Å². The minimum atomic E-state index is -0.646. The quantitative estimate of drug-likeness (QED) is 0.652. The topological polar surface area (TPSA) is 119 Å². The molecule has 1 amide bonds. The Balaban J connectivity index is 1.89. The summed E-state index contributed by atoms with van der Waals surface area (Å²) in [5, 5.41) is 6.03. The second kappa shape index (κ2) is 7.65. The highest BCUT2D eigenvalue weighted by atomic mass is 19.1. The highest BCUT2D eigenvalue weighted by Gasteiger charge is 2.24. The summed E-state index contributed by atoms with van der Waals surface area (Å²) >= 11 is 0. The lowest BCUT2D eigenvalue weighted by atomic mass is 9.91. The fourth-order valence-electron chi connectivity index (χ4n) is 3.19.